The molecule has 5 unspecified atom stereocenters. The number of rotatable bonds is 23. The molecule has 3 aliphatic rings. The van der Waals surface area contributed by atoms with Crippen LogP contribution in [0.25, 0.3) is 0 Å². The van der Waals surface area contributed by atoms with Gasteiger partial charge in [-0.25, -0.2) is 9.78 Å². The van der Waals surface area contributed by atoms with Crippen molar-refractivity contribution in [3.63, 3.8) is 0 Å². The molecule has 48 heavy (non-hydrogen) atoms. The number of nitrogens with one attached hydrogen (secondary N) is 5. The van der Waals surface area contributed by atoms with Crippen LogP contribution < -0.4 is 26.6 Å². The monoisotopic (exact) mass is 769 g/mol. The summed E-state index contributed by atoms with van der Waals surface area (Å²) in [6.07, 6.45) is 10.6. The van der Waals surface area contributed by atoms with Gasteiger partial charge in [0.1, 0.15) is 12.0 Å². The molecule has 4 rings (SSSR count). The topological polar surface area (TPSA) is 166 Å². The maximum atomic E-state index is 12.3. The van der Waals surface area contributed by atoms with Crippen molar-refractivity contribution >= 4 is 35.4 Å². The summed E-state index contributed by atoms with van der Waals surface area (Å²) in [6, 6.07) is 0.321. The van der Waals surface area contributed by atoms with Crippen LogP contribution in [0.4, 0.5) is 10.6 Å². The summed E-state index contributed by atoms with van der Waals surface area (Å²) < 4.78 is 24.6. The van der Waals surface area contributed by atoms with E-state index < -0.39 is 0 Å². The zero-order valence-corrected chi connectivity index (χ0v) is 32.3. The number of fused-ring (bicyclic) bond motifs is 1. The number of urea groups is 1. The number of anilines is 1. The SMILES string of the molecule is CC[C@@H]1[CH-]C(C)[C@H](n2cnc(NC(C)CC(=O)NCCOCCOCCOCCNC(=O)CCCCC3SCC4NC(=O)NC43)c2)O1.[Y]. The first-order valence-electron chi connectivity index (χ1n) is 17.1. The van der Waals surface area contributed by atoms with Gasteiger partial charge in [0.05, 0.1) is 58.1 Å². The molecule has 3 aliphatic heterocycles. The molecule has 1 aromatic heterocycles. The second kappa shape index (κ2) is 22.4. The predicted octanol–water partition coefficient (Wildman–Crippen LogP) is 2.23. The Kier molecular flexibility index (Phi) is 19.1. The largest absolute Gasteiger partial charge is 0.389 e. The number of hydrogen-bond acceptors (Lipinski definition) is 10. The summed E-state index contributed by atoms with van der Waals surface area (Å²) in [5, 5.41) is 15.4. The third-order valence-corrected chi connectivity index (χ3v) is 9.94. The minimum absolute atomic E-state index is 0. The van der Waals surface area contributed by atoms with E-state index in [1.807, 2.05) is 29.4 Å². The molecule has 1 radical (unpaired) electrons. The van der Waals surface area contributed by atoms with Crippen molar-refractivity contribution in [2.75, 3.05) is 63.8 Å². The van der Waals surface area contributed by atoms with E-state index in [0.717, 1.165) is 37.3 Å². The molecule has 3 saturated heterocycles. The Bertz CT molecular complexity index is 1120. The van der Waals surface area contributed by atoms with E-state index in [4.69, 9.17) is 18.9 Å². The Morgan fingerprint density at radius 3 is 2.46 bits per heavy atom. The summed E-state index contributed by atoms with van der Waals surface area (Å²) in [7, 11) is 0. The van der Waals surface area contributed by atoms with Crippen molar-refractivity contribution in [3.05, 3.63) is 18.9 Å². The van der Waals surface area contributed by atoms with Gasteiger partial charge in [0.25, 0.3) is 0 Å². The third-order valence-electron chi connectivity index (χ3n) is 8.43. The maximum Gasteiger partial charge on any atom is 0.315 e. The number of nitrogens with zero attached hydrogens (tertiary/aromatic N) is 2. The first-order chi connectivity index (χ1) is 22.8. The van der Waals surface area contributed by atoms with Crippen LogP contribution in [0.3, 0.4) is 0 Å². The van der Waals surface area contributed by atoms with Gasteiger partial charge in [0.2, 0.25) is 11.8 Å². The van der Waals surface area contributed by atoms with Crippen LogP contribution in [0.1, 0.15) is 65.5 Å². The van der Waals surface area contributed by atoms with Crippen LogP contribution >= 0.6 is 11.8 Å². The molecule has 3 fully saturated rings. The number of carbonyl (C=O) groups excluding carboxylic acids is 3. The molecule has 0 bridgehead atoms. The van der Waals surface area contributed by atoms with E-state index in [2.05, 4.69) is 51.8 Å². The number of hydrogen-bond donors (Lipinski definition) is 5. The van der Waals surface area contributed by atoms with Gasteiger partial charge in [0, 0.05) is 81.9 Å². The molecule has 7 atom stereocenters. The van der Waals surface area contributed by atoms with Gasteiger partial charge in [-0.2, -0.15) is 11.8 Å². The zero-order valence-electron chi connectivity index (χ0n) is 28.6. The third kappa shape index (κ3) is 14.0. The fraction of sp³-hybridized carbons (Fsp3) is 0.781. The van der Waals surface area contributed by atoms with Crippen LogP contribution in [-0.2, 0) is 61.2 Å². The van der Waals surface area contributed by atoms with Crippen molar-refractivity contribution in [2.24, 2.45) is 5.92 Å². The Balaban J connectivity index is 0.00000625. The van der Waals surface area contributed by atoms with Gasteiger partial charge in [-0.1, -0.05) is 32.8 Å². The van der Waals surface area contributed by atoms with Crippen LogP contribution in [0.5, 0.6) is 0 Å². The first-order valence-corrected chi connectivity index (χ1v) is 18.1. The number of imidazole rings is 1. The number of thioether (sulfide) groups is 1. The van der Waals surface area contributed by atoms with Crippen molar-refractivity contribution in [1.82, 2.24) is 30.8 Å². The molecule has 0 saturated carbocycles. The van der Waals surface area contributed by atoms with E-state index in [0.29, 0.717) is 76.7 Å². The normalized spacial score (nSPS) is 25.1. The Morgan fingerprint density at radius 2 is 1.77 bits per heavy atom. The molecule has 1 aromatic rings. The molecule has 5 N–H and O–H groups in total. The summed E-state index contributed by atoms with van der Waals surface area (Å²) in [6.45, 7) is 9.71. The molecule has 14 nitrogen and oxygen atoms in total. The maximum absolute atomic E-state index is 12.3. The summed E-state index contributed by atoms with van der Waals surface area (Å²) in [5.74, 6) is 1.97. The van der Waals surface area contributed by atoms with Crippen LogP contribution in [-0.4, -0.2) is 115 Å². The average molecular weight is 770 g/mol. The van der Waals surface area contributed by atoms with Crippen LogP contribution in [0, 0.1) is 12.3 Å². The first kappa shape index (κ1) is 40.9. The summed E-state index contributed by atoms with van der Waals surface area (Å²) >= 11 is 1.90. The summed E-state index contributed by atoms with van der Waals surface area (Å²) in [5.41, 5.74) is 0. The Morgan fingerprint density at radius 1 is 1.08 bits per heavy atom. The van der Waals surface area contributed by atoms with E-state index in [1.54, 1.807) is 6.33 Å². The number of unbranched alkanes of at least 4 members (excludes halogenated alkanes) is 1. The molecule has 269 valence electrons. The number of amides is 4. The molecule has 0 aromatic carbocycles. The second-order valence-electron chi connectivity index (χ2n) is 12.4. The number of aromatic nitrogens is 2. The van der Waals surface area contributed by atoms with Crippen LogP contribution in [0.15, 0.2) is 12.5 Å². The minimum atomic E-state index is -0.0786. The fourth-order valence-electron chi connectivity index (χ4n) is 5.99. The average Bonchev–Trinajstić information content (AvgIpc) is 3.82. The van der Waals surface area contributed by atoms with Crippen molar-refractivity contribution in [3.8, 4) is 0 Å². The van der Waals surface area contributed by atoms with Gasteiger partial charge >= 0.3 is 6.03 Å². The number of carbonyl (C=O) groups is 3. The smallest absolute Gasteiger partial charge is 0.315 e. The van der Waals surface area contributed by atoms with Crippen molar-refractivity contribution < 1.29 is 66.0 Å². The molecular weight excluding hydrogens is 715 g/mol. The van der Waals surface area contributed by atoms with E-state index in [1.165, 1.54) is 0 Å². The van der Waals surface area contributed by atoms with E-state index in [9.17, 15) is 14.4 Å². The quantitative estimate of drug-likeness (QED) is 0.0634. The van der Waals surface area contributed by atoms with Crippen LogP contribution in [0.2, 0.25) is 0 Å². The Hall–Kier alpha value is -1.49. The fourth-order valence-corrected chi connectivity index (χ4v) is 7.53. The van der Waals surface area contributed by atoms with Gasteiger partial charge in [-0.05, 0) is 19.8 Å². The van der Waals surface area contributed by atoms with Crippen molar-refractivity contribution in [2.45, 2.75) is 95.0 Å². The van der Waals surface area contributed by atoms with Gasteiger partial charge in [-0.15, -0.1) is 5.92 Å². The van der Waals surface area contributed by atoms with Gasteiger partial charge < -0.3 is 50.1 Å². The molecule has 16 heteroatoms. The zero-order chi connectivity index (χ0) is 33.4. The van der Waals surface area contributed by atoms with E-state index >= 15 is 0 Å². The molecule has 4 heterocycles. The minimum Gasteiger partial charge on any atom is -0.389 e. The standard InChI is InChI=1S/C32H54N7O7S.Y/c1-4-24-17-22(2)31(46-24)39-19-27(35-21-39)36-23(3)18-29(41)34-10-12-44-14-16-45-15-13-43-11-9-33-28(40)8-6-5-7-26-30-25(20-47-26)37-32(42)38-30;/h17,19,21-26,30-31,36H,4-16,18,20H2,1-3H3,(H,33,40)(H,34,41)(H2,37,38,42);/q-1;/t22?,23?,24-,25?,26?,30?,31-;/m1./s1. The summed E-state index contributed by atoms with van der Waals surface area (Å²) in [4.78, 5) is 40.2. The second-order valence-corrected chi connectivity index (χ2v) is 13.7. The molecular formula is C32H54N7O7SY-. The van der Waals surface area contributed by atoms with Crippen molar-refractivity contribution in [1.29, 1.82) is 0 Å². The predicted molar refractivity (Wildman–Crippen MR) is 180 cm³/mol. The van der Waals surface area contributed by atoms with Gasteiger partial charge in [0.15, 0.2) is 0 Å². The Labute approximate surface area is 314 Å². The molecule has 0 aliphatic carbocycles. The molecule has 0 spiro atoms. The molecule has 4 amide bonds. The van der Waals surface area contributed by atoms with E-state index in [-0.39, 0.29) is 81.0 Å². The number of ether oxygens (including phenoxy) is 4. The van der Waals surface area contributed by atoms with Gasteiger partial charge in [-0.3, -0.25) is 16.0 Å².